The zero-order valence-corrected chi connectivity index (χ0v) is 11.7. The number of nitriles is 1. The first-order valence-corrected chi connectivity index (χ1v) is 7.00. The Hall–Kier alpha value is -0.890. The third-order valence-electron chi connectivity index (χ3n) is 2.83. The average molecular weight is 251 g/mol. The van der Waals surface area contributed by atoms with E-state index in [1.165, 1.54) is 4.88 Å². The number of nitrogens with zero attached hydrogens (tertiary/aromatic N) is 2. The third kappa shape index (κ3) is 4.86. The van der Waals surface area contributed by atoms with Gasteiger partial charge in [-0.3, -0.25) is 0 Å². The molecule has 0 radical (unpaired) electrons. The largest absolute Gasteiger partial charge is 0.308 e. The summed E-state index contributed by atoms with van der Waals surface area (Å²) >= 11 is 1.65. The van der Waals surface area contributed by atoms with Crippen molar-refractivity contribution in [3.63, 3.8) is 0 Å². The zero-order valence-electron chi connectivity index (χ0n) is 10.9. The first-order valence-electron chi connectivity index (χ1n) is 6.12. The Morgan fingerprint density at radius 1 is 1.47 bits per heavy atom. The Morgan fingerprint density at radius 2 is 2.18 bits per heavy atom. The van der Waals surface area contributed by atoms with Crippen LogP contribution in [0.4, 0.5) is 0 Å². The number of rotatable bonds is 7. The summed E-state index contributed by atoms with van der Waals surface area (Å²) in [5.41, 5.74) is 0.767. The van der Waals surface area contributed by atoms with Crippen LogP contribution < -0.4 is 5.32 Å². The van der Waals surface area contributed by atoms with Crippen molar-refractivity contribution >= 4 is 11.3 Å². The molecule has 0 saturated carbocycles. The fraction of sp³-hybridized carbons (Fsp3) is 0.615. The topological polar surface area (TPSA) is 39.1 Å². The predicted octanol–water partition coefficient (Wildman–Crippen LogP) is 2.44. The maximum atomic E-state index is 8.74. The van der Waals surface area contributed by atoms with Crippen molar-refractivity contribution in [3.8, 4) is 6.07 Å². The normalized spacial score (nSPS) is 12.6. The average Bonchev–Trinajstić information content (AvgIpc) is 2.81. The highest BCUT2D eigenvalue weighted by Crippen LogP contribution is 2.13. The lowest BCUT2D eigenvalue weighted by Gasteiger charge is -2.23. The van der Waals surface area contributed by atoms with Crippen LogP contribution in [0.2, 0.25) is 0 Å². The van der Waals surface area contributed by atoms with E-state index in [2.05, 4.69) is 37.1 Å². The van der Waals surface area contributed by atoms with Crippen LogP contribution in [0.3, 0.4) is 0 Å². The molecule has 0 amide bonds. The standard InChI is InChI=1S/C13H21N3S/c1-4-16(5-2)9-11(3)15-8-13-6-12(7-14)10-17-13/h6,10-11,15H,4-5,8-9H2,1-3H3. The Kier molecular flexibility index (Phi) is 6.20. The zero-order chi connectivity index (χ0) is 12.7. The molecule has 1 N–H and O–H groups in total. The third-order valence-corrected chi connectivity index (χ3v) is 3.77. The van der Waals surface area contributed by atoms with Crippen LogP contribution in [0.5, 0.6) is 0 Å². The SMILES string of the molecule is CCN(CC)CC(C)NCc1cc(C#N)cs1. The van der Waals surface area contributed by atoms with Crippen LogP contribution in [0.15, 0.2) is 11.4 Å². The van der Waals surface area contributed by atoms with Crippen LogP contribution in [0.1, 0.15) is 31.2 Å². The molecule has 0 aliphatic heterocycles. The molecule has 1 unspecified atom stereocenters. The van der Waals surface area contributed by atoms with E-state index in [-0.39, 0.29) is 0 Å². The molecular formula is C13H21N3S. The molecule has 4 heteroatoms. The van der Waals surface area contributed by atoms with Crippen molar-refractivity contribution in [3.05, 3.63) is 21.9 Å². The van der Waals surface area contributed by atoms with Gasteiger partial charge in [0.1, 0.15) is 6.07 Å². The van der Waals surface area contributed by atoms with Gasteiger partial charge in [-0.05, 0) is 26.1 Å². The Bertz CT molecular complexity index is 363. The Balaban J connectivity index is 2.32. The first-order chi connectivity index (χ1) is 8.19. The minimum absolute atomic E-state index is 0.475. The van der Waals surface area contributed by atoms with Crippen LogP contribution in [0, 0.1) is 11.3 Å². The van der Waals surface area contributed by atoms with Crippen molar-refractivity contribution in [2.75, 3.05) is 19.6 Å². The van der Waals surface area contributed by atoms with Crippen LogP contribution in [0.25, 0.3) is 0 Å². The van der Waals surface area contributed by atoms with Crippen molar-refractivity contribution in [1.82, 2.24) is 10.2 Å². The summed E-state index contributed by atoms with van der Waals surface area (Å²) in [6.07, 6.45) is 0. The summed E-state index contributed by atoms with van der Waals surface area (Å²) < 4.78 is 0. The van der Waals surface area contributed by atoms with E-state index in [0.717, 1.165) is 31.7 Å². The van der Waals surface area contributed by atoms with Gasteiger partial charge in [-0.15, -0.1) is 11.3 Å². The number of hydrogen-bond donors (Lipinski definition) is 1. The molecule has 1 atom stereocenters. The van der Waals surface area contributed by atoms with Crippen LogP contribution in [-0.2, 0) is 6.54 Å². The Morgan fingerprint density at radius 3 is 2.71 bits per heavy atom. The maximum Gasteiger partial charge on any atom is 0.100 e. The second-order valence-corrected chi connectivity index (χ2v) is 5.18. The summed E-state index contributed by atoms with van der Waals surface area (Å²) in [5, 5.41) is 14.1. The van der Waals surface area contributed by atoms with Crippen molar-refractivity contribution in [2.24, 2.45) is 0 Å². The van der Waals surface area contributed by atoms with Gasteiger partial charge < -0.3 is 10.2 Å². The molecule has 0 aliphatic carbocycles. The lowest BCUT2D eigenvalue weighted by Crippen LogP contribution is -2.38. The molecule has 17 heavy (non-hydrogen) atoms. The highest BCUT2D eigenvalue weighted by molar-refractivity contribution is 7.10. The minimum atomic E-state index is 0.475. The predicted molar refractivity (Wildman–Crippen MR) is 73.1 cm³/mol. The summed E-state index contributed by atoms with van der Waals surface area (Å²) in [6.45, 7) is 10.7. The molecule has 94 valence electrons. The van der Waals surface area contributed by atoms with Gasteiger partial charge in [0, 0.05) is 29.4 Å². The molecule has 1 aromatic rings. The van der Waals surface area contributed by atoms with Gasteiger partial charge in [0.25, 0.3) is 0 Å². The molecule has 0 spiro atoms. The lowest BCUT2D eigenvalue weighted by atomic mass is 10.3. The van der Waals surface area contributed by atoms with Gasteiger partial charge in [0.05, 0.1) is 5.56 Å². The number of thiophene rings is 1. The van der Waals surface area contributed by atoms with Gasteiger partial charge in [-0.1, -0.05) is 13.8 Å². The molecule has 1 rings (SSSR count). The molecule has 0 bridgehead atoms. The van der Waals surface area contributed by atoms with E-state index in [9.17, 15) is 0 Å². The van der Waals surface area contributed by atoms with Crippen LogP contribution >= 0.6 is 11.3 Å². The molecular weight excluding hydrogens is 230 g/mol. The van der Waals surface area contributed by atoms with E-state index < -0.39 is 0 Å². The summed E-state index contributed by atoms with van der Waals surface area (Å²) in [5.74, 6) is 0. The fourth-order valence-electron chi connectivity index (χ4n) is 1.74. The maximum absolute atomic E-state index is 8.74. The van der Waals surface area contributed by atoms with E-state index in [0.29, 0.717) is 6.04 Å². The Labute approximate surface area is 108 Å². The number of likely N-dealkylation sites (N-methyl/N-ethyl adjacent to an activating group) is 1. The molecule has 1 aromatic heterocycles. The van der Waals surface area contributed by atoms with Gasteiger partial charge in [0.2, 0.25) is 0 Å². The van der Waals surface area contributed by atoms with Gasteiger partial charge >= 0.3 is 0 Å². The van der Waals surface area contributed by atoms with Crippen molar-refractivity contribution in [2.45, 2.75) is 33.4 Å². The summed E-state index contributed by atoms with van der Waals surface area (Å²) in [6, 6.07) is 4.59. The molecule has 3 nitrogen and oxygen atoms in total. The summed E-state index contributed by atoms with van der Waals surface area (Å²) in [4.78, 5) is 3.64. The number of hydrogen-bond acceptors (Lipinski definition) is 4. The van der Waals surface area contributed by atoms with E-state index >= 15 is 0 Å². The molecule has 0 aromatic carbocycles. The van der Waals surface area contributed by atoms with E-state index in [1.807, 2.05) is 11.4 Å². The van der Waals surface area contributed by atoms with E-state index in [1.54, 1.807) is 11.3 Å². The van der Waals surface area contributed by atoms with Crippen molar-refractivity contribution in [1.29, 1.82) is 5.26 Å². The van der Waals surface area contributed by atoms with Crippen molar-refractivity contribution < 1.29 is 0 Å². The highest BCUT2D eigenvalue weighted by atomic mass is 32.1. The van der Waals surface area contributed by atoms with Crippen LogP contribution in [-0.4, -0.2) is 30.6 Å². The van der Waals surface area contributed by atoms with Gasteiger partial charge in [0.15, 0.2) is 0 Å². The first kappa shape index (κ1) is 14.2. The summed E-state index contributed by atoms with van der Waals surface area (Å²) in [7, 11) is 0. The van der Waals surface area contributed by atoms with E-state index in [4.69, 9.17) is 5.26 Å². The van der Waals surface area contributed by atoms with Gasteiger partial charge in [-0.2, -0.15) is 5.26 Å². The monoisotopic (exact) mass is 251 g/mol. The lowest BCUT2D eigenvalue weighted by molar-refractivity contribution is 0.271. The van der Waals surface area contributed by atoms with Gasteiger partial charge in [-0.25, -0.2) is 0 Å². The minimum Gasteiger partial charge on any atom is -0.308 e. The molecule has 0 fully saturated rings. The second-order valence-electron chi connectivity index (χ2n) is 4.18. The molecule has 0 saturated heterocycles. The molecule has 0 aliphatic rings. The second kappa shape index (κ2) is 7.44. The fourth-order valence-corrected chi connectivity index (χ4v) is 2.50. The highest BCUT2D eigenvalue weighted by Gasteiger charge is 2.07. The number of nitrogens with one attached hydrogen (secondary N) is 1. The quantitative estimate of drug-likeness (QED) is 0.809. The molecule has 1 heterocycles. The smallest absolute Gasteiger partial charge is 0.100 e.